The third-order valence-electron chi connectivity index (χ3n) is 9.28. The van der Waals surface area contributed by atoms with Crippen molar-refractivity contribution in [2.45, 2.75) is 117 Å². The predicted octanol–water partition coefficient (Wildman–Crippen LogP) is 6.07. The number of ether oxygens (including phenoxy) is 2. The van der Waals surface area contributed by atoms with Crippen LogP contribution in [-0.2, 0) is 41.7 Å². The van der Waals surface area contributed by atoms with Crippen molar-refractivity contribution in [1.82, 2.24) is 20.3 Å². The number of rotatable bonds is 23. The van der Waals surface area contributed by atoms with Gasteiger partial charge in [-0.25, -0.2) is 4.68 Å². The van der Waals surface area contributed by atoms with Gasteiger partial charge >= 0.3 is 5.97 Å². The maximum absolute atomic E-state index is 13.8. The summed E-state index contributed by atoms with van der Waals surface area (Å²) in [5.41, 5.74) is 4.63. The fourth-order valence-electron chi connectivity index (χ4n) is 6.57. The van der Waals surface area contributed by atoms with Crippen LogP contribution in [0.25, 0.3) is 22.5 Å². The van der Waals surface area contributed by atoms with Crippen LogP contribution in [0.5, 0.6) is 0 Å². The minimum absolute atomic E-state index is 0.0124. The highest BCUT2D eigenvalue weighted by Gasteiger charge is 2.29. The largest absolute Gasteiger partial charge is 0.464 e. The van der Waals surface area contributed by atoms with Crippen LogP contribution >= 0.6 is 0 Å². The summed E-state index contributed by atoms with van der Waals surface area (Å²) < 4.78 is 12.8. The lowest BCUT2D eigenvalue weighted by Crippen LogP contribution is -2.42. The van der Waals surface area contributed by atoms with Crippen LogP contribution in [0.2, 0.25) is 0 Å². The number of benzene rings is 2. The molecule has 1 amide bonds. The average molecular weight is 732 g/mol. The van der Waals surface area contributed by atoms with E-state index >= 15 is 0 Å². The number of Topliss-reactive ketones (excluding diaryl/α,β-unsaturated/α-hetero) is 2. The lowest BCUT2D eigenvalue weighted by atomic mass is 9.95. The van der Waals surface area contributed by atoms with Crippen molar-refractivity contribution in [3.05, 3.63) is 54.1 Å². The minimum atomic E-state index is -0.270. The number of hydrogen-bond donors (Lipinski definition) is 2. The van der Waals surface area contributed by atoms with Gasteiger partial charge in [-0.3, -0.25) is 19.2 Å². The van der Waals surface area contributed by atoms with E-state index in [4.69, 9.17) is 14.6 Å². The van der Waals surface area contributed by atoms with Crippen molar-refractivity contribution in [1.29, 1.82) is 0 Å². The molecule has 0 saturated heterocycles. The number of aliphatic hydroxyl groups excluding tert-OH is 1. The van der Waals surface area contributed by atoms with Gasteiger partial charge in [0.1, 0.15) is 18.1 Å². The van der Waals surface area contributed by atoms with E-state index in [1.165, 1.54) is 0 Å². The molecule has 2 aromatic carbocycles. The predicted molar refractivity (Wildman–Crippen MR) is 204 cm³/mol. The quantitative estimate of drug-likeness (QED) is 0.0868. The maximum Gasteiger partial charge on any atom is 0.305 e. The van der Waals surface area contributed by atoms with Gasteiger partial charge in [0.15, 0.2) is 5.78 Å². The molecule has 3 aromatic rings. The van der Waals surface area contributed by atoms with Gasteiger partial charge in [-0.05, 0) is 37.3 Å². The van der Waals surface area contributed by atoms with Gasteiger partial charge in [-0.15, -0.1) is 5.10 Å². The van der Waals surface area contributed by atoms with Gasteiger partial charge < -0.3 is 24.8 Å². The molecule has 4 rings (SSSR count). The maximum atomic E-state index is 13.8. The van der Waals surface area contributed by atoms with Crippen LogP contribution in [0.1, 0.15) is 97.5 Å². The first-order valence-electron chi connectivity index (χ1n) is 19.2. The Bertz CT molecular complexity index is 1650. The fraction of sp³-hybridized carbons (Fsp3) is 0.561. The molecular weight excluding hydrogens is 674 g/mol. The number of esters is 1. The van der Waals surface area contributed by atoms with Crippen molar-refractivity contribution in [3.63, 3.8) is 0 Å². The molecule has 0 radical (unpaired) electrons. The Morgan fingerprint density at radius 1 is 0.830 bits per heavy atom. The summed E-state index contributed by atoms with van der Waals surface area (Å²) in [5, 5.41) is 21.3. The monoisotopic (exact) mass is 731 g/mol. The zero-order valence-electron chi connectivity index (χ0n) is 31.9. The highest BCUT2D eigenvalue weighted by molar-refractivity contribution is 6.01. The number of unbranched alkanes of at least 4 members (excludes halogenated alkanes) is 2. The summed E-state index contributed by atoms with van der Waals surface area (Å²) in [6.45, 7) is 9.67. The van der Waals surface area contributed by atoms with Gasteiger partial charge in [0.05, 0.1) is 30.5 Å². The van der Waals surface area contributed by atoms with Crippen LogP contribution in [-0.4, -0.2) is 82.1 Å². The topological polar surface area (TPSA) is 153 Å². The van der Waals surface area contributed by atoms with Crippen molar-refractivity contribution >= 4 is 29.1 Å². The number of para-hydroxylation sites is 1. The van der Waals surface area contributed by atoms with Gasteiger partial charge in [-0.1, -0.05) is 88.2 Å². The van der Waals surface area contributed by atoms with E-state index in [0.717, 1.165) is 41.6 Å². The number of aliphatic hydroxyl groups is 1. The molecule has 12 nitrogen and oxygen atoms in total. The average Bonchev–Trinajstić information content (AvgIpc) is 3.55. The molecular formula is C41H57N5O7. The molecule has 0 saturated carbocycles. The Labute approximate surface area is 313 Å². The number of carbonyl (C=O) groups excluding carboxylic acids is 4. The molecule has 0 fully saturated rings. The van der Waals surface area contributed by atoms with E-state index < -0.39 is 0 Å². The van der Waals surface area contributed by atoms with Crippen LogP contribution < -0.4 is 10.2 Å². The van der Waals surface area contributed by atoms with E-state index in [9.17, 15) is 19.2 Å². The standard InChI is InChI=1S/C41H57N5O7/c1-29(2)41(51)35(42-30(3)4)18-6-5-7-20-38(50)53-27-23-46-40-33-16-9-8-14-31(33)28-45(36-19-11-10-17-34(36)39(40)43-44-46)37(49)22-21-32(48)15-12-25-52-26-13-24-47/h8-11,14,16-17,19,29-30,35,42,47H,5-7,12-13,15,18,20-28H2,1-4H3. The molecule has 2 heterocycles. The molecule has 1 aromatic heterocycles. The number of amides is 1. The number of ketones is 2. The van der Waals surface area contributed by atoms with Crippen molar-refractivity contribution in [2.24, 2.45) is 5.92 Å². The second-order valence-electron chi connectivity index (χ2n) is 14.2. The van der Waals surface area contributed by atoms with Crippen LogP contribution in [0, 0.1) is 5.92 Å². The molecule has 1 aliphatic heterocycles. The summed E-state index contributed by atoms with van der Waals surface area (Å²) in [4.78, 5) is 53.3. The second kappa shape index (κ2) is 21.4. The number of nitrogens with one attached hydrogen (secondary N) is 1. The summed E-state index contributed by atoms with van der Waals surface area (Å²) >= 11 is 0. The minimum Gasteiger partial charge on any atom is -0.464 e. The molecule has 0 aliphatic carbocycles. The molecule has 1 unspecified atom stereocenters. The van der Waals surface area contributed by atoms with Crippen molar-refractivity contribution in [3.8, 4) is 22.5 Å². The Kier molecular flexibility index (Phi) is 16.8. The van der Waals surface area contributed by atoms with E-state index in [-0.39, 0.29) is 67.5 Å². The first-order valence-corrected chi connectivity index (χ1v) is 19.2. The lowest BCUT2D eigenvalue weighted by Gasteiger charge is -2.28. The van der Waals surface area contributed by atoms with Crippen molar-refractivity contribution < 1.29 is 33.8 Å². The summed E-state index contributed by atoms with van der Waals surface area (Å²) in [7, 11) is 0. The van der Waals surface area contributed by atoms with E-state index in [0.29, 0.717) is 69.8 Å². The van der Waals surface area contributed by atoms with Gasteiger partial charge in [0.2, 0.25) is 5.91 Å². The fourth-order valence-corrected chi connectivity index (χ4v) is 6.57. The highest BCUT2D eigenvalue weighted by atomic mass is 16.5. The molecule has 0 bridgehead atoms. The molecule has 1 aliphatic rings. The van der Waals surface area contributed by atoms with E-state index in [2.05, 4.69) is 15.6 Å². The van der Waals surface area contributed by atoms with Crippen molar-refractivity contribution in [2.75, 3.05) is 31.3 Å². The zero-order chi connectivity index (χ0) is 38.2. The number of carbonyl (C=O) groups is 4. The lowest BCUT2D eigenvalue weighted by molar-refractivity contribution is -0.144. The number of nitrogens with zero attached hydrogens (tertiary/aromatic N) is 4. The van der Waals surface area contributed by atoms with E-state index in [1.807, 2.05) is 76.2 Å². The van der Waals surface area contributed by atoms with Crippen LogP contribution in [0.3, 0.4) is 0 Å². The summed E-state index contributed by atoms with van der Waals surface area (Å²) in [6.07, 6.45) is 5.15. The molecule has 0 spiro atoms. The molecule has 2 N–H and O–H groups in total. The van der Waals surface area contributed by atoms with Gasteiger partial charge in [0.25, 0.3) is 0 Å². The Hall–Kier alpha value is -4.26. The first kappa shape index (κ1) is 41.5. The normalized spacial score (nSPS) is 12.8. The Morgan fingerprint density at radius 3 is 2.32 bits per heavy atom. The smallest absolute Gasteiger partial charge is 0.305 e. The third kappa shape index (κ3) is 12.4. The first-order chi connectivity index (χ1) is 25.6. The SMILES string of the molecule is CC(C)NC(CCCCCC(=O)OCCn1nnc2c1-c1ccccc1CN(C(=O)CCC(=O)CCCOCCCO)c1ccccc1-2)C(=O)C(C)C. The summed E-state index contributed by atoms with van der Waals surface area (Å²) in [6, 6.07) is 15.5. The molecule has 1 atom stereocenters. The van der Waals surface area contributed by atoms with Crippen LogP contribution in [0.15, 0.2) is 48.5 Å². The van der Waals surface area contributed by atoms with Crippen LogP contribution in [0.4, 0.5) is 5.69 Å². The number of fused-ring (bicyclic) bond motifs is 5. The number of aromatic nitrogens is 3. The van der Waals surface area contributed by atoms with Gasteiger partial charge in [0, 0.05) is 68.6 Å². The Morgan fingerprint density at radius 2 is 1.57 bits per heavy atom. The summed E-state index contributed by atoms with van der Waals surface area (Å²) in [5.74, 6) is -0.206. The third-order valence-corrected chi connectivity index (χ3v) is 9.28. The zero-order valence-corrected chi connectivity index (χ0v) is 31.9. The number of hydrogen-bond acceptors (Lipinski definition) is 10. The molecule has 12 heteroatoms. The molecule has 288 valence electrons. The Balaban J connectivity index is 1.36. The second-order valence-corrected chi connectivity index (χ2v) is 14.2. The highest BCUT2D eigenvalue weighted by Crippen LogP contribution is 2.41. The van der Waals surface area contributed by atoms with Gasteiger partial charge in [-0.2, -0.15) is 0 Å². The van der Waals surface area contributed by atoms with E-state index in [1.54, 1.807) is 9.58 Å². The molecule has 53 heavy (non-hydrogen) atoms. The number of anilines is 1.